The van der Waals surface area contributed by atoms with E-state index in [-0.39, 0.29) is 11.3 Å². The van der Waals surface area contributed by atoms with Crippen LogP contribution in [-0.4, -0.2) is 22.2 Å². The average molecular weight is 235 g/mol. The molecule has 7 heteroatoms. The summed E-state index contributed by atoms with van der Waals surface area (Å²) < 4.78 is 35.7. The van der Waals surface area contributed by atoms with Crippen LogP contribution >= 0.6 is 0 Å². The lowest BCUT2D eigenvalue weighted by molar-refractivity contribution is -0.134. The van der Waals surface area contributed by atoms with Gasteiger partial charge in [-0.25, -0.2) is 4.79 Å². The van der Waals surface area contributed by atoms with E-state index in [2.05, 4.69) is 4.98 Å². The number of nitrogens with one attached hydrogen (secondary N) is 1. The number of rotatable bonds is 3. The van der Waals surface area contributed by atoms with Gasteiger partial charge in [-0.15, -0.1) is 0 Å². The molecule has 0 fully saturated rings. The highest BCUT2D eigenvalue weighted by Gasteiger charge is 2.26. The summed E-state index contributed by atoms with van der Waals surface area (Å²) >= 11 is 0. The molecule has 4 nitrogen and oxygen atoms in total. The van der Waals surface area contributed by atoms with Gasteiger partial charge in [-0.1, -0.05) is 0 Å². The van der Waals surface area contributed by atoms with E-state index < -0.39 is 30.5 Å². The number of H-pyrrole nitrogens is 1. The van der Waals surface area contributed by atoms with Crippen LogP contribution < -0.4 is 5.56 Å². The minimum absolute atomic E-state index is 0.0396. The van der Waals surface area contributed by atoms with E-state index in [1.54, 1.807) is 0 Å². The maximum absolute atomic E-state index is 11.9. The van der Waals surface area contributed by atoms with Crippen LogP contribution in [-0.2, 0) is 6.42 Å². The first-order valence-electron chi connectivity index (χ1n) is 4.31. The predicted molar refractivity (Wildman–Crippen MR) is 48.4 cm³/mol. The molecule has 0 bridgehead atoms. The SMILES string of the molecule is O=C(O)c1cc(CCC(F)(F)F)[nH]c(=O)c1. The van der Waals surface area contributed by atoms with Crippen LogP contribution in [0.2, 0.25) is 0 Å². The van der Waals surface area contributed by atoms with Gasteiger partial charge in [0.05, 0.1) is 5.56 Å². The Morgan fingerprint density at radius 3 is 2.50 bits per heavy atom. The number of carbonyl (C=O) groups is 1. The Hall–Kier alpha value is -1.79. The van der Waals surface area contributed by atoms with Gasteiger partial charge >= 0.3 is 12.1 Å². The number of hydrogen-bond donors (Lipinski definition) is 2. The van der Waals surface area contributed by atoms with Crippen LogP contribution in [0.3, 0.4) is 0 Å². The highest BCUT2D eigenvalue weighted by molar-refractivity contribution is 5.87. The summed E-state index contributed by atoms with van der Waals surface area (Å²) in [7, 11) is 0. The van der Waals surface area contributed by atoms with Gasteiger partial charge in [-0.05, 0) is 12.5 Å². The summed E-state index contributed by atoms with van der Waals surface area (Å²) in [6.07, 6.45) is -5.89. The summed E-state index contributed by atoms with van der Waals surface area (Å²) in [5.41, 5.74) is -1.08. The van der Waals surface area contributed by atoms with E-state index in [4.69, 9.17) is 5.11 Å². The van der Waals surface area contributed by atoms with Gasteiger partial charge in [-0.3, -0.25) is 4.79 Å². The second kappa shape index (κ2) is 4.38. The minimum Gasteiger partial charge on any atom is -0.478 e. The zero-order valence-electron chi connectivity index (χ0n) is 7.97. The van der Waals surface area contributed by atoms with Crippen molar-refractivity contribution in [2.24, 2.45) is 0 Å². The van der Waals surface area contributed by atoms with Crippen molar-refractivity contribution in [1.29, 1.82) is 0 Å². The third kappa shape index (κ3) is 3.76. The quantitative estimate of drug-likeness (QED) is 0.835. The molecule has 2 N–H and O–H groups in total. The summed E-state index contributed by atoms with van der Waals surface area (Å²) in [5.74, 6) is -1.35. The highest BCUT2D eigenvalue weighted by Crippen LogP contribution is 2.21. The van der Waals surface area contributed by atoms with E-state index in [0.717, 1.165) is 12.1 Å². The molecule has 0 aliphatic heterocycles. The maximum Gasteiger partial charge on any atom is 0.389 e. The Labute approximate surface area is 87.7 Å². The molecule has 0 amide bonds. The number of pyridine rings is 1. The zero-order valence-corrected chi connectivity index (χ0v) is 7.97. The number of aromatic amines is 1. The van der Waals surface area contributed by atoms with Crippen molar-refractivity contribution >= 4 is 5.97 Å². The fourth-order valence-corrected chi connectivity index (χ4v) is 1.14. The summed E-state index contributed by atoms with van der Waals surface area (Å²) in [6.45, 7) is 0. The molecule has 1 aromatic rings. The number of halogens is 3. The Balaban J connectivity index is 2.89. The fraction of sp³-hybridized carbons (Fsp3) is 0.333. The van der Waals surface area contributed by atoms with Crippen LogP contribution in [0.15, 0.2) is 16.9 Å². The van der Waals surface area contributed by atoms with Gasteiger partial charge in [0.1, 0.15) is 0 Å². The van der Waals surface area contributed by atoms with Crippen molar-refractivity contribution in [2.45, 2.75) is 19.0 Å². The molecule has 1 aromatic heterocycles. The second-order valence-electron chi connectivity index (χ2n) is 3.18. The zero-order chi connectivity index (χ0) is 12.3. The Kier molecular flexibility index (Phi) is 3.36. The van der Waals surface area contributed by atoms with Crippen molar-refractivity contribution in [3.63, 3.8) is 0 Å². The maximum atomic E-state index is 11.9. The standard InChI is InChI=1S/C9H8F3NO3/c10-9(11,12)2-1-6-3-5(8(15)16)4-7(14)13-6/h3-4H,1-2H2,(H,13,14)(H,15,16). The lowest BCUT2D eigenvalue weighted by Crippen LogP contribution is -2.15. The van der Waals surface area contributed by atoms with Gasteiger partial charge in [0.2, 0.25) is 5.56 Å². The van der Waals surface area contributed by atoms with E-state index in [9.17, 15) is 22.8 Å². The molecule has 0 unspecified atom stereocenters. The Bertz CT molecular complexity index is 450. The Morgan fingerprint density at radius 1 is 1.38 bits per heavy atom. The van der Waals surface area contributed by atoms with E-state index in [0.29, 0.717) is 0 Å². The number of aromatic nitrogens is 1. The molecular formula is C9H8F3NO3. The number of aromatic carboxylic acids is 1. The molecule has 0 aromatic carbocycles. The molecule has 1 rings (SSSR count). The third-order valence-corrected chi connectivity index (χ3v) is 1.82. The molecule has 0 atom stereocenters. The largest absolute Gasteiger partial charge is 0.478 e. The first-order valence-corrected chi connectivity index (χ1v) is 4.31. The molecule has 16 heavy (non-hydrogen) atoms. The fourth-order valence-electron chi connectivity index (χ4n) is 1.14. The van der Waals surface area contributed by atoms with Crippen molar-refractivity contribution in [3.05, 3.63) is 33.7 Å². The van der Waals surface area contributed by atoms with Crippen molar-refractivity contribution < 1.29 is 23.1 Å². The minimum atomic E-state index is -4.34. The number of alkyl halides is 3. The lowest BCUT2D eigenvalue weighted by Gasteiger charge is -2.06. The summed E-state index contributed by atoms with van der Waals surface area (Å²) in [5, 5.41) is 8.59. The summed E-state index contributed by atoms with van der Waals surface area (Å²) in [6, 6.07) is 1.84. The number of aryl methyl sites for hydroxylation is 1. The smallest absolute Gasteiger partial charge is 0.389 e. The van der Waals surface area contributed by atoms with Crippen LogP contribution in [0.1, 0.15) is 22.5 Å². The molecular weight excluding hydrogens is 227 g/mol. The van der Waals surface area contributed by atoms with Gasteiger partial charge in [0.25, 0.3) is 0 Å². The first kappa shape index (κ1) is 12.3. The topological polar surface area (TPSA) is 70.2 Å². The molecule has 0 aliphatic carbocycles. The Morgan fingerprint density at radius 2 is 2.00 bits per heavy atom. The highest BCUT2D eigenvalue weighted by atomic mass is 19.4. The normalized spacial score (nSPS) is 11.4. The van der Waals surface area contributed by atoms with Crippen molar-refractivity contribution in [2.75, 3.05) is 0 Å². The summed E-state index contributed by atoms with van der Waals surface area (Å²) in [4.78, 5) is 23.6. The van der Waals surface area contributed by atoms with Crippen LogP contribution in [0, 0.1) is 0 Å². The number of carboxylic acid groups (broad SMARTS) is 1. The molecule has 0 saturated heterocycles. The predicted octanol–water partition coefficient (Wildman–Crippen LogP) is 1.57. The molecule has 1 heterocycles. The first-order chi connectivity index (χ1) is 7.28. The van der Waals surface area contributed by atoms with E-state index >= 15 is 0 Å². The molecule has 0 saturated carbocycles. The monoisotopic (exact) mass is 235 g/mol. The molecule has 88 valence electrons. The third-order valence-electron chi connectivity index (χ3n) is 1.82. The van der Waals surface area contributed by atoms with E-state index in [1.165, 1.54) is 0 Å². The second-order valence-corrected chi connectivity index (χ2v) is 3.18. The van der Waals surface area contributed by atoms with Gasteiger partial charge in [0, 0.05) is 18.2 Å². The van der Waals surface area contributed by atoms with Gasteiger partial charge < -0.3 is 10.1 Å². The van der Waals surface area contributed by atoms with Gasteiger partial charge in [0.15, 0.2) is 0 Å². The lowest BCUT2D eigenvalue weighted by atomic mass is 10.1. The number of carboxylic acids is 1. The van der Waals surface area contributed by atoms with Crippen LogP contribution in [0.5, 0.6) is 0 Å². The van der Waals surface area contributed by atoms with Crippen LogP contribution in [0.25, 0.3) is 0 Å². The van der Waals surface area contributed by atoms with Crippen molar-refractivity contribution in [3.8, 4) is 0 Å². The molecule has 0 aliphatic rings. The van der Waals surface area contributed by atoms with Crippen LogP contribution in [0.4, 0.5) is 13.2 Å². The van der Waals surface area contributed by atoms with Gasteiger partial charge in [-0.2, -0.15) is 13.2 Å². The number of hydrogen-bond acceptors (Lipinski definition) is 2. The van der Waals surface area contributed by atoms with Crippen molar-refractivity contribution in [1.82, 2.24) is 4.98 Å². The van der Waals surface area contributed by atoms with E-state index in [1.807, 2.05) is 0 Å². The molecule has 0 radical (unpaired) electrons. The average Bonchev–Trinajstić information content (AvgIpc) is 2.13. The molecule has 0 spiro atoms.